The quantitative estimate of drug-likeness (QED) is 0.340. The number of hydrogen-bond acceptors (Lipinski definition) is 9. The summed E-state index contributed by atoms with van der Waals surface area (Å²) in [6, 6.07) is 1.82. The number of furan rings is 1. The number of esters is 3. The highest BCUT2D eigenvalue weighted by Crippen LogP contribution is 2.80. The van der Waals surface area contributed by atoms with Crippen LogP contribution in [0, 0.1) is 33.5 Å². The predicted octanol–water partition coefficient (Wildman–Crippen LogP) is 4.12. The van der Waals surface area contributed by atoms with Gasteiger partial charge in [-0.05, 0) is 42.6 Å². The molecule has 2 aliphatic heterocycles. The van der Waals surface area contributed by atoms with Crippen molar-refractivity contribution in [2.75, 3.05) is 0 Å². The molecule has 0 amide bonds. The molecule has 1 aromatic rings. The van der Waals surface area contributed by atoms with E-state index in [1.165, 1.54) is 13.8 Å². The summed E-state index contributed by atoms with van der Waals surface area (Å²) in [5, 5.41) is 11.3. The first-order valence-corrected chi connectivity index (χ1v) is 14.1. The second-order valence-corrected chi connectivity index (χ2v) is 13.8. The monoisotopic (exact) mass is 544 g/mol. The Morgan fingerprint density at radius 1 is 0.974 bits per heavy atom. The second kappa shape index (κ2) is 8.09. The first-order valence-electron chi connectivity index (χ1n) is 14.1. The highest BCUT2D eigenvalue weighted by atomic mass is 16.7. The van der Waals surface area contributed by atoms with E-state index in [1.54, 1.807) is 12.5 Å². The van der Waals surface area contributed by atoms with Gasteiger partial charge in [0.1, 0.15) is 23.9 Å². The first-order chi connectivity index (χ1) is 18.2. The summed E-state index contributed by atoms with van der Waals surface area (Å²) in [7, 11) is 0. The van der Waals surface area contributed by atoms with Gasteiger partial charge in [0, 0.05) is 42.1 Å². The van der Waals surface area contributed by atoms with Crippen LogP contribution in [0.1, 0.15) is 85.8 Å². The second-order valence-electron chi connectivity index (χ2n) is 13.8. The molecule has 1 aromatic heterocycles. The normalized spacial score (nSPS) is 49.3. The van der Waals surface area contributed by atoms with Crippen LogP contribution in [-0.2, 0) is 33.3 Å². The number of hydrogen-bond donors (Lipinski definition) is 1. The lowest BCUT2D eigenvalue weighted by Gasteiger charge is -2.71. The molecule has 1 N–H and O–H groups in total. The Hall–Kier alpha value is -2.39. The summed E-state index contributed by atoms with van der Waals surface area (Å²) >= 11 is 0. The number of epoxide rings is 1. The highest BCUT2D eigenvalue weighted by Gasteiger charge is 2.89. The van der Waals surface area contributed by atoms with E-state index in [0.29, 0.717) is 25.7 Å². The Bertz CT molecular complexity index is 1210. The summed E-state index contributed by atoms with van der Waals surface area (Å²) in [4.78, 5) is 38.3. The topological polar surface area (TPSA) is 125 Å². The molecule has 2 saturated heterocycles. The van der Waals surface area contributed by atoms with Crippen LogP contribution in [0.4, 0.5) is 0 Å². The number of aliphatic hydroxyl groups is 1. The van der Waals surface area contributed by atoms with Crippen LogP contribution in [0.25, 0.3) is 0 Å². The van der Waals surface area contributed by atoms with Gasteiger partial charge < -0.3 is 28.5 Å². The van der Waals surface area contributed by atoms with Crippen LogP contribution in [-0.4, -0.2) is 53.0 Å². The van der Waals surface area contributed by atoms with E-state index in [4.69, 9.17) is 23.4 Å². The lowest BCUT2D eigenvalue weighted by atomic mass is 9.34. The molecule has 39 heavy (non-hydrogen) atoms. The number of ether oxygens (including phenoxy) is 4. The maximum absolute atomic E-state index is 13.4. The third kappa shape index (κ3) is 3.12. The molecule has 5 aliphatic rings. The third-order valence-electron chi connectivity index (χ3n) is 11.9. The molecular weight excluding hydrogens is 504 g/mol. The minimum Gasteiger partial charge on any atom is -0.472 e. The van der Waals surface area contributed by atoms with Crippen molar-refractivity contribution < 1.29 is 42.9 Å². The molecule has 3 heterocycles. The van der Waals surface area contributed by atoms with Crippen molar-refractivity contribution >= 4 is 17.9 Å². The van der Waals surface area contributed by atoms with Crippen LogP contribution in [0.15, 0.2) is 23.0 Å². The van der Waals surface area contributed by atoms with Gasteiger partial charge in [0.05, 0.1) is 18.6 Å². The van der Waals surface area contributed by atoms with Gasteiger partial charge in [-0.2, -0.15) is 0 Å². The largest absolute Gasteiger partial charge is 0.472 e. The molecule has 3 aliphatic carbocycles. The van der Waals surface area contributed by atoms with Gasteiger partial charge in [-0.25, -0.2) is 4.79 Å². The number of carbonyl (C=O) groups is 3. The molecule has 1 spiro atoms. The molecular formula is C30H40O9. The predicted molar refractivity (Wildman–Crippen MR) is 136 cm³/mol. The average Bonchev–Trinajstić information content (AvgIpc) is 3.41. The van der Waals surface area contributed by atoms with Crippen molar-refractivity contribution in [1.82, 2.24) is 0 Å². The molecule has 3 saturated carbocycles. The number of carbonyl (C=O) groups excluding carboxylic acids is 3. The number of fused-ring (bicyclic) bond motifs is 3. The summed E-state index contributed by atoms with van der Waals surface area (Å²) in [6.07, 6.45) is 2.14. The van der Waals surface area contributed by atoms with Gasteiger partial charge in [-0.3, -0.25) is 9.59 Å². The van der Waals surface area contributed by atoms with Crippen molar-refractivity contribution in [3.8, 4) is 0 Å². The standard InChI is InChI=1S/C30H40O9/c1-15(31)36-21-13-20(33)26(3,4)19-12-22(37-16(2)32)29(7)18(28(19,21)6)8-10-27(5)23(17-9-11-35-14-17)38-25(34)24-30(27,29)39-24/h9,11,14,18-24,33H,8,10,12-13H2,1-7H3/t18-,19+,20+,21-,22-,23-,24+,27-,28+,29-,30+/m0/s1. The Morgan fingerprint density at radius 2 is 1.64 bits per heavy atom. The molecule has 0 bridgehead atoms. The molecule has 0 radical (unpaired) electrons. The van der Waals surface area contributed by atoms with Crippen molar-refractivity contribution in [1.29, 1.82) is 0 Å². The van der Waals surface area contributed by atoms with Crippen LogP contribution in [0.5, 0.6) is 0 Å². The van der Waals surface area contributed by atoms with E-state index in [1.807, 2.05) is 19.9 Å². The smallest absolute Gasteiger partial charge is 0.339 e. The fourth-order valence-corrected chi connectivity index (χ4v) is 10.2. The van der Waals surface area contributed by atoms with Gasteiger partial charge in [0.2, 0.25) is 0 Å². The minimum absolute atomic E-state index is 0.126. The molecule has 11 atom stereocenters. The summed E-state index contributed by atoms with van der Waals surface area (Å²) < 4.78 is 30.1. The maximum Gasteiger partial charge on any atom is 0.339 e. The van der Waals surface area contributed by atoms with Crippen LogP contribution in [0.2, 0.25) is 0 Å². The number of aliphatic hydroxyl groups excluding tert-OH is 1. The van der Waals surface area contributed by atoms with Gasteiger partial charge in [0.15, 0.2) is 6.10 Å². The third-order valence-corrected chi connectivity index (χ3v) is 11.9. The van der Waals surface area contributed by atoms with Gasteiger partial charge in [-0.15, -0.1) is 0 Å². The highest BCUT2D eigenvalue weighted by molar-refractivity contribution is 5.82. The van der Waals surface area contributed by atoms with E-state index < -0.39 is 75.7 Å². The fraction of sp³-hybridized carbons (Fsp3) is 0.767. The van der Waals surface area contributed by atoms with E-state index >= 15 is 0 Å². The average molecular weight is 545 g/mol. The Labute approximate surface area is 228 Å². The number of cyclic esters (lactones) is 1. The fourth-order valence-electron chi connectivity index (χ4n) is 10.2. The molecule has 9 heteroatoms. The van der Waals surface area contributed by atoms with Crippen molar-refractivity contribution in [3.05, 3.63) is 24.2 Å². The Balaban J connectivity index is 1.55. The van der Waals surface area contributed by atoms with Crippen molar-refractivity contribution in [2.24, 2.45) is 33.5 Å². The van der Waals surface area contributed by atoms with Gasteiger partial charge in [0.25, 0.3) is 0 Å². The van der Waals surface area contributed by atoms with Crippen LogP contribution < -0.4 is 0 Å². The SMILES string of the molecule is CC(=O)O[C@H]1C[C@@H](O)C(C)(C)[C@H]2C[C@H](OC(C)=O)[C@]3(C)[C@@H](CC[C@@]4(C)[C@H](c5ccoc5)OC(=O)[C@H]5O[C@@]534)[C@@]12C. The zero-order valence-electron chi connectivity index (χ0n) is 23.8. The molecule has 214 valence electrons. The van der Waals surface area contributed by atoms with E-state index in [2.05, 4.69) is 20.8 Å². The van der Waals surface area contributed by atoms with Crippen molar-refractivity contribution in [2.45, 2.75) is 110 Å². The van der Waals surface area contributed by atoms with E-state index in [-0.39, 0.29) is 11.8 Å². The summed E-state index contributed by atoms with van der Waals surface area (Å²) in [5.74, 6) is -1.49. The molecule has 6 rings (SSSR count). The Kier molecular flexibility index (Phi) is 5.56. The minimum atomic E-state index is -0.963. The molecule has 9 nitrogen and oxygen atoms in total. The first kappa shape index (κ1) is 26.8. The van der Waals surface area contributed by atoms with Crippen molar-refractivity contribution in [3.63, 3.8) is 0 Å². The van der Waals surface area contributed by atoms with Gasteiger partial charge >= 0.3 is 17.9 Å². The maximum atomic E-state index is 13.4. The zero-order chi connectivity index (χ0) is 28.3. The van der Waals surface area contributed by atoms with E-state index in [9.17, 15) is 19.5 Å². The Morgan fingerprint density at radius 3 is 2.26 bits per heavy atom. The number of rotatable bonds is 3. The molecule has 5 fully saturated rings. The molecule has 0 unspecified atom stereocenters. The summed E-state index contributed by atoms with van der Waals surface area (Å²) in [5.41, 5.74) is -2.72. The lowest BCUT2D eigenvalue weighted by Crippen LogP contribution is -2.75. The van der Waals surface area contributed by atoms with Crippen LogP contribution >= 0.6 is 0 Å². The molecule has 0 aromatic carbocycles. The lowest BCUT2D eigenvalue weighted by molar-refractivity contribution is -0.297. The van der Waals surface area contributed by atoms with Crippen LogP contribution in [0.3, 0.4) is 0 Å². The van der Waals surface area contributed by atoms with Gasteiger partial charge in [-0.1, -0.05) is 34.6 Å². The summed E-state index contributed by atoms with van der Waals surface area (Å²) in [6.45, 7) is 13.3. The zero-order valence-corrected chi connectivity index (χ0v) is 23.8. The van der Waals surface area contributed by atoms with E-state index in [0.717, 1.165) is 5.56 Å².